The van der Waals surface area contributed by atoms with Gasteiger partial charge in [0.25, 0.3) is 0 Å². The van der Waals surface area contributed by atoms with E-state index >= 15 is 0 Å². The molecule has 1 unspecified atom stereocenters. The number of amides is 2. The zero-order valence-corrected chi connectivity index (χ0v) is 28.0. The van der Waals surface area contributed by atoms with E-state index in [-0.39, 0.29) is 37.0 Å². The van der Waals surface area contributed by atoms with Crippen LogP contribution in [0.2, 0.25) is 0 Å². The number of rotatable bonds is 14. The molecule has 0 saturated carbocycles. The van der Waals surface area contributed by atoms with Crippen LogP contribution in [0.4, 0.5) is 10.1 Å². The number of nitrogens with zero attached hydrogens (tertiary/aromatic N) is 3. The second-order valence-electron chi connectivity index (χ2n) is 13.0. The second kappa shape index (κ2) is 15.4. The minimum atomic E-state index is -0.961. The van der Waals surface area contributed by atoms with Crippen molar-refractivity contribution in [2.24, 2.45) is 5.92 Å². The zero-order valence-electron chi connectivity index (χ0n) is 28.0. The Morgan fingerprint density at radius 1 is 1.13 bits per heavy atom. The molecule has 0 aliphatic carbocycles. The summed E-state index contributed by atoms with van der Waals surface area (Å²) in [4.78, 5) is 45.9. The van der Waals surface area contributed by atoms with Gasteiger partial charge in [0.15, 0.2) is 11.5 Å². The van der Waals surface area contributed by atoms with Crippen molar-refractivity contribution < 1.29 is 38.1 Å². The molecule has 1 N–H and O–H groups in total. The molecule has 0 aromatic heterocycles. The Kier molecular flexibility index (Phi) is 11.3. The zero-order chi connectivity index (χ0) is 33.7. The molecule has 3 heterocycles. The Morgan fingerprint density at radius 3 is 2.55 bits per heavy atom. The number of hydrogen-bond acceptors (Lipinski definition) is 7. The van der Waals surface area contributed by atoms with Gasteiger partial charge in [0.2, 0.25) is 24.4 Å². The molecule has 2 amide bonds. The molecule has 47 heavy (non-hydrogen) atoms. The molecule has 0 spiro atoms. The van der Waals surface area contributed by atoms with Crippen molar-refractivity contribution in [3.05, 3.63) is 47.3 Å². The van der Waals surface area contributed by atoms with Gasteiger partial charge in [0.05, 0.1) is 19.6 Å². The Hall–Kier alpha value is -3.86. The summed E-state index contributed by atoms with van der Waals surface area (Å²) in [6.07, 6.45) is 6.01. The number of piperidine rings is 1. The molecule has 3 aliphatic heterocycles. The van der Waals surface area contributed by atoms with Crippen molar-refractivity contribution >= 4 is 23.5 Å². The SMILES string of the molecule is CCCC(CCC)N(C(=O)CN1C[C@H](c2cc(OC)c3c(c2)OCO3)C(C(=O)O)[C@@H]1CCN1CCCCC1=O)c1ccc(F)c(C)c1. The molecule has 5 rings (SSSR count). The maximum Gasteiger partial charge on any atom is 0.308 e. The molecule has 3 atom stereocenters. The minimum Gasteiger partial charge on any atom is -0.493 e. The normalized spacial score (nSPS) is 21.0. The molecule has 2 saturated heterocycles. The first-order valence-electron chi connectivity index (χ1n) is 17.0. The van der Waals surface area contributed by atoms with E-state index in [4.69, 9.17) is 14.2 Å². The highest BCUT2D eigenvalue weighted by Crippen LogP contribution is 2.47. The quantitative estimate of drug-likeness (QED) is 0.275. The second-order valence-corrected chi connectivity index (χ2v) is 13.0. The number of carboxylic acids is 1. The van der Waals surface area contributed by atoms with Crippen molar-refractivity contribution in [1.82, 2.24) is 9.80 Å². The number of hydrogen-bond donors (Lipinski definition) is 1. The number of aliphatic carboxylic acids is 1. The first-order chi connectivity index (χ1) is 22.7. The summed E-state index contributed by atoms with van der Waals surface area (Å²) >= 11 is 0. The van der Waals surface area contributed by atoms with E-state index in [1.165, 1.54) is 13.2 Å². The average Bonchev–Trinajstić information content (AvgIpc) is 3.67. The van der Waals surface area contributed by atoms with Gasteiger partial charge in [-0.2, -0.15) is 0 Å². The van der Waals surface area contributed by atoms with Gasteiger partial charge < -0.3 is 29.1 Å². The monoisotopic (exact) mass is 653 g/mol. The number of carboxylic acid groups (broad SMARTS) is 1. The van der Waals surface area contributed by atoms with Crippen molar-refractivity contribution in [3.63, 3.8) is 0 Å². The summed E-state index contributed by atoms with van der Waals surface area (Å²) in [5.74, 6) is -1.26. The fourth-order valence-corrected chi connectivity index (χ4v) is 7.60. The summed E-state index contributed by atoms with van der Waals surface area (Å²) < 4.78 is 31.2. The third kappa shape index (κ3) is 7.50. The van der Waals surface area contributed by atoms with E-state index in [0.717, 1.165) is 44.1 Å². The standard InChI is InChI=1S/C36H48FN3O7/c1-5-9-25(10-6-2)40(26-12-13-28(37)23(3)17-26)33(42)21-39-20-27(24-18-30(45-4)35-31(19-24)46-22-47-35)34(36(43)44)29(39)14-16-38-15-8-7-11-32(38)41/h12-13,17-19,25,27,29,34H,5-11,14-16,20-22H2,1-4H3,(H,43,44)/t27-,29+,34?/m1/s1. The Morgan fingerprint density at radius 2 is 1.89 bits per heavy atom. The number of benzene rings is 2. The molecule has 2 aromatic carbocycles. The van der Waals surface area contributed by atoms with E-state index in [0.29, 0.717) is 61.0 Å². The highest BCUT2D eigenvalue weighted by Gasteiger charge is 2.48. The highest BCUT2D eigenvalue weighted by atomic mass is 19.1. The van der Waals surface area contributed by atoms with Gasteiger partial charge in [-0.25, -0.2) is 4.39 Å². The number of likely N-dealkylation sites (tertiary alicyclic amines) is 2. The summed E-state index contributed by atoms with van der Waals surface area (Å²) in [5, 5.41) is 10.7. The lowest BCUT2D eigenvalue weighted by Crippen LogP contribution is -2.49. The number of methoxy groups -OCH3 is 1. The van der Waals surface area contributed by atoms with Gasteiger partial charge in [-0.3, -0.25) is 19.3 Å². The number of fused-ring (bicyclic) bond motifs is 1. The highest BCUT2D eigenvalue weighted by molar-refractivity contribution is 5.95. The lowest BCUT2D eigenvalue weighted by Gasteiger charge is -2.35. The van der Waals surface area contributed by atoms with Gasteiger partial charge in [-0.05, 0) is 80.5 Å². The Bertz CT molecular complexity index is 1450. The van der Waals surface area contributed by atoms with Gasteiger partial charge in [-0.1, -0.05) is 26.7 Å². The van der Waals surface area contributed by atoms with Crippen LogP contribution in [0.25, 0.3) is 0 Å². The van der Waals surface area contributed by atoms with Crippen LogP contribution in [0.5, 0.6) is 17.2 Å². The van der Waals surface area contributed by atoms with E-state index < -0.39 is 23.8 Å². The van der Waals surface area contributed by atoms with Gasteiger partial charge in [-0.15, -0.1) is 0 Å². The van der Waals surface area contributed by atoms with E-state index in [2.05, 4.69) is 13.8 Å². The summed E-state index contributed by atoms with van der Waals surface area (Å²) in [6.45, 7) is 7.28. The molecule has 10 nitrogen and oxygen atoms in total. The maximum absolute atomic E-state index is 14.5. The largest absolute Gasteiger partial charge is 0.493 e. The summed E-state index contributed by atoms with van der Waals surface area (Å²) in [7, 11) is 1.53. The molecule has 0 radical (unpaired) electrons. The number of aryl methyl sites for hydroxylation is 1. The van der Waals surface area contributed by atoms with Gasteiger partial charge in [0, 0.05) is 49.7 Å². The lowest BCUT2D eigenvalue weighted by atomic mass is 9.84. The molecule has 11 heteroatoms. The van der Waals surface area contributed by atoms with Crippen LogP contribution in [0.15, 0.2) is 30.3 Å². The molecule has 0 bridgehead atoms. The molecular weight excluding hydrogens is 605 g/mol. The van der Waals surface area contributed by atoms with Gasteiger partial charge in [0.1, 0.15) is 5.82 Å². The Balaban J connectivity index is 1.50. The maximum atomic E-state index is 14.5. The third-order valence-corrected chi connectivity index (χ3v) is 9.89. The topological polar surface area (TPSA) is 109 Å². The first-order valence-corrected chi connectivity index (χ1v) is 17.0. The number of halogens is 1. The smallest absolute Gasteiger partial charge is 0.308 e. The summed E-state index contributed by atoms with van der Waals surface area (Å²) in [6, 6.07) is 7.79. The van der Waals surface area contributed by atoms with Gasteiger partial charge >= 0.3 is 5.97 Å². The van der Waals surface area contributed by atoms with E-state index in [1.807, 2.05) is 15.9 Å². The average molecular weight is 654 g/mol. The molecular formula is C36H48FN3O7. The van der Waals surface area contributed by atoms with E-state index in [9.17, 15) is 23.9 Å². The van der Waals surface area contributed by atoms with Crippen molar-refractivity contribution in [3.8, 4) is 17.2 Å². The predicted octanol–water partition coefficient (Wildman–Crippen LogP) is 5.74. The third-order valence-electron chi connectivity index (χ3n) is 9.89. The van der Waals surface area contributed by atoms with E-state index in [1.54, 1.807) is 30.0 Å². The summed E-state index contributed by atoms with van der Waals surface area (Å²) in [5.41, 5.74) is 1.83. The fraction of sp³-hybridized carbons (Fsp3) is 0.583. The van der Waals surface area contributed by atoms with Crippen LogP contribution in [-0.4, -0.2) is 84.9 Å². The van der Waals surface area contributed by atoms with Crippen molar-refractivity contribution in [1.29, 1.82) is 0 Å². The number of carbonyl (C=O) groups excluding carboxylic acids is 2. The number of ether oxygens (including phenoxy) is 3. The van der Waals surface area contributed by atoms with Crippen LogP contribution in [0, 0.1) is 18.7 Å². The lowest BCUT2D eigenvalue weighted by molar-refractivity contribution is -0.143. The molecule has 3 aliphatic rings. The van der Waals surface area contributed by atoms with Crippen LogP contribution in [0.3, 0.4) is 0 Å². The predicted molar refractivity (Wildman–Crippen MR) is 176 cm³/mol. The first kappa shape index (κ1) is 34.5. The van der Waals surface area contributed by atoms with Crippen molar-refractivity contribution in [2.75, 3.05) is 45.0 Å². The van der Waals surface area contributed by atoms with Crippen molar-refractivity contribution in [2.45, 2.75) is 90.1 Å². The minimum absolute atomic E-state index is 0.0130. The van der Waals surface area contributed by atoms with Crippen LogP contribution >= 0.6 is 0 Å². The molecule has 2 aromatic rings. The fourth-order valence-electron chi connectivity index (χ4n) is 7.60. The van der Waals surface area contributed by atoms with Crippen LogP contribution in [0.1, 0.15) is 82.3 Å². The molecule has 256 valence electrons. The number of carbonyl (C=O) groups is 3. The Labute approximate surface area is 276 Å². The molecule has 2 fully saturated rings. The van der Waals surface area contributed by atoms with Crippen LogP contribution in [-0.2, 0) is 14.4 Å². The van der Waals surface area contributed by atoms with Crippen LogP contribution < -0.4 is 19.1 Å². The number of anilines is 1.